The van der Waals surface area contributed by atoms with Gasteiger partial charge in [-0.3, -0.25) is 9.11 Å². The molecule has 0 fully saturated rings. The molecule has 8 heteroatoms. The van der Waals surface area contributed by atoms with Gasteiger partial charge in [0.15, 0.2) is 0 Å². The summed E-state index contributed by atoms with van der Waals surface area (Å²) in [6.45, 7) is 0. The molecule has 5 nitrogen and oxygen atoms in total. The van der Waals surface area contributed by atoms with Gasteiger partial charge < -0.3 is 5.48 Å². The van der Waals surface area contributed by atoms with Crippen LogP contribution in [-0.2, 0) is 10.4 Å². The maximum atomic E-state index is 8.74. The van der Waals surface area contributed by atoms with Crippen LogP contribution < -0.4 is 51.4 Å². The molecule has 0 aromatic carbocycles. The molecule has 0 unspecified atom stereocenters. The summed E-state index contributed by atoms with van der Waals surface area (Å²) in [5.41, 5.74) is 0. The topological polar surface area (TPSA) is 105 Å². The molecule has 0 aliphatic rings. The van der Waals surface area contributed by atoms with Crippen LogP contribution in [0.15, 0.2) is 0 Å². The Morgan fingerprint density at radius 1 is 1.12 bits per heavy atom. The maximum absolute atomic E-state index is 8.74. The van der Waals surface area contributed by atoms with E-state index in [1.54, 1.807) is 0 Å². The zero-order valence-corrected chi connectivity index (χ0v) is 7.51. The van der Waals surface area contributed by atoms with Gasteiger partial charge in [0, 0.05) is 0 Å². The van der Waals surface area contributed by atoms with E-state index in [1.807, 2.05) is 0 Å². The van der Waals surface area contributed by atoms with Crippen LogP contribution in [0.25, 0.3) is 0 Å². The second-order valence-electron chi connectivity index (χ2n) is 0.448. The van der Waals surface area contributed by atoms with E-state index in [-0.39, 0.29) is 108 Å². The first-order valence-corrected chi connectivity index (χ1v) is 2.10. The average molecular weight is 194 g/mol. The Hall–Kier alpha value is 3.10. The monoisotopic (exact) mass is 194 g/mol. The fourth-order valence-electron chi connectivity index (χ4n) is 0. The van der Waals surface area contributed by atoms with Gasteiger partial charge in [-0.1, -0.05) is 0 Å². The summed E-state index contributed by atoms with van der Waals surface area (Å²) < 4.78 is 31.6. The van der Waals surface area contributed by atoms with Crippen LogP contribution in [0.5, 0.6) is 0 Å². The fourth-order valence-corrected chi connectivity index (χ4v) is 0. The van der Waals surface area contributed by atoms with E-state index in [9.17, 15) is 0 Å². The Balaban J connectivity index is -0.0000000267. The van der Waals surface area contributed by atoms with Crippen LogP contribution in [-0.4, -0.2) is 74.4 Å². The van der Waals surface area contributed by atoms with Gasteiger partial charge in [0.2, 0.25) is 0 Å². The second-order valence-corrected chi connectivity index (χ2v) is 1.34. The summed E-state index contributed by atoms with van der Waals surface area (Å²) in [5.74, 6) is 0. The van der Waals surface area contributed by atoms with Crippen molar-refractivity contribution in [2.24, 2.45) is 0 Å². The van der Waals surface area contributed by atoms with Crippen LogP contribution in [0.4, 0.5) is 0 Å². The minimum atomic E-state index is -4.67. The van der Waals surface area contributed by atoms with Gasteiger partial charge in [0.25, 0.3) is 0 Å². The van der Waals surface area contributed by atoms with Gasteiger partial charge in [-0.2, -0.15) is 8.42 Å². The van der Waals surface area contributed by atoms with E-state index in [0.717, 1.165) is 0 Å². The molecular weight excluding hydrogens is 190 g/mol. The fraction of sp³-hybridized carbons (Fsp3) is 0. The molecule has 0 bridgehead atoms. The van der Waals surface area contributed by atoms with Crippen molar-refractivity contribution in [3.8, 4) is 0 Å². The molecule has 0 heterocycles. The van der Waals surface area contributed by atoms with E-state index in [1.165, 1.54) is 0 Å². The molecule has 0 spiro atoms. The van der Waals surface area contributed by atoms with Crippen LogP contribution >= 0.6 is 0 Å². The molecule has 0 aromatic heterocycles. The summed E-state index contributed by atoms with van der Waals surface area (Å²) in [4.78, 5) is 0. The molecule has 0 radical (unpaired) electrons. The van der Waals surface area contributed by atoms with Crippen molar-refractivity contribution in [2.45, 2.75) is 0 Å². The van der Waals surface area contributed by atoms with Crippen LogP contribution in [0.2, 0.25) is 0 Å². The molecule has 0 saturated carbocycles. The summed E-state index contributed by atoms with van der Waals surface area (Å²) in [7, 11) is -4.67. The molecule has 0 rings (SSSR count). The zero-order chi connectivity index (χ0) is 4.50. The van der Waals surface area contributed by atoms with E-state index in [0.29, 0.717) is 0 Å². The number of rotatable bonds is 0. The third-order valence-electron chi connectivity index (χ3n) is 0. The van der Waals surface area contributed by atoms with Crippen molar-refractivity contribution in [3.63, 3.8) is 0 Å². The molecule has 0 atom stereocenters. The van der Waals surface area contributed by atoms with Crippen molar-refractivity contribution >= 4 is 61.8 Å². The summed E-state index contributed by atoms with van der Waals surface area (Å²) in [6, 6.07) is 0. The van der Waals surface area contributed by atoms with Gasteiger partial charge in [-0.05, 0) is 0 Å². The smallest absolute Gasteiger partial charge is 0.870 e. The predicted molar refractivity (Wildman–Crippen MR) is 23.3 cm³/mol. The van der Waals surface area contributed by atoms with E-state index < -0.39 is 10.4 Å². The molecule has 0 aliphatic heterocycles. The predicted octanol–water partition coefficient (Wildman–Crippen LogP) is -4.47. The van der Waals surface area contributed by atoms with Gasteiger partial charge in [-0.15, -0.1) is 0 Å². The largest absolute Gasteiger partial charge is 0.870 e. The van der Waals surface area contributed by atoms with Gasteiger partial charge in [-0.25, -0.2) is 0 Å². The Morgan fingerprint density at radius 2 is 1.12 bits per heavy atom. The maximum Gasteiger partial charge on any atom is -0.870 e. The Labute approximate surface area is 132 Å². The number of hydrogen-bond acceptors (Lipinski definition) is 3. The summed E-state index contributed by atoms with van der Waals surface area (Å²) in [6.07, 6.45) is 0. The molecule has 0 aliphatic carbocycles. The van der Waals surface area contributed by atoms with Gasteiger partial charge in [0.05, 0.1) is 0 Å². The van der Waals surface area contributed by atoms with E-state index >= 15 is 0 Å². The van der Waals surface area contributed by atoms with Gasteiger partial charge in [0.1, 0.15) is 0 Å². The molecule has 0 saturated heterocycles. The summed E-state index contributed by atoms with van der Waals surface area (Å²) in [5, 5.41) is 0. The first-order valence-electron chi connectivity index (χ1n) is 0.698. The van der Waals surface area contributed by atoms with Crippen LogP contribution in [0.1, 0.15) is 0 Å². The quantitative estimate of drug-likeness (QED) is 0.299. The standard InChI is InChI=1S/2K.H2O4S.H2O.H/c;;1-5(2,3)4;;/h;;(H2,1,2,3,4);1H2;/q;+1;;;/p-1. The zero-order valence-electron chi connectivity index (χ0n) is 3.57. The molecule has 3 N–H and O–H groups in total. The van der Waals surface area contributed by atoms with E-state index in [2.05, 4.69) is 0 Å². The minimum absolute atomic E-state index is 0. The molecule has 0 aromatic rings. The molecule has 0 amide bonds. The molecule has 42 valence electrons. The minimum Gasteiger partial charge on any atom is -0.870 e. The molecule has 8 heavy (non-hydrogen) atoms. The van der Waals surface area contributed by atoms with Crippen molar-refractivity contribution in [1.82, 2.24) is 0 Å². The third kappa shape index (κ3) is 62.1. The Morgan fingerprint density at radius 3 is 1.12 bits per heavy atom. The SMILES string of the molecule is O=S(=O)(O)O.[K+].[KH].[OH-]. The van der Waals surface area contributed by atoms with Crippen LogP contribution in [0.3, 0.4) is 0 Å². The van der Waals surface area contributed by atoms with Crippen LogP contribution in [0, 0.1) is 0 Å². The molecular formula is H4K2O5S. The van der Waals surface area contributed by atoms with Crippen molar-refractivity contribution < 1.29 is 74.4 Å². The first kappa shape index (κ1) is 22.5. The Kier molecular flexibility index (Phi) is 28.4. The first-order chi connectivity index (χ1) is 2.00. The average Bonchev–Trinajstić information content (AvgIpc) is 0.722. The number of hydrogen-bond donors (Lipinski definition) is 2. The third-order valence-corrected chi connectivity index (χ3v) is 0. The van der Waals surface area contributed by atoms with E-state index in [4.69, 9.17) is 17.5 Å². The Bertz CT molecular complexity index is 93.6. The van der Waals surface area contributed by atoms with Crippen molar-refractivity contribution in [2.75, 3.05) is 0 Å². The second kappa shape index (κ2) is 10.1. The van der Waals surface area contributed by atoms with Crippen molar-refractivity contribution in [3.05, 3.63) is 0 Å². The normalized spacial score (nSPS) is 7.25. The van der Waals surface area contributed by atoms with Gasteiger partial charge >= 0.3 is 113 Å². The van der Waals surface area contributed by atoms with Crippen molar-refractivity contribution in [1.29, 1.82) is 0 Å². The summed E-state index contributed by atoms with van der Waals surface area (Å²) >= 11 is 0.